The number of aryl methyl sites for hydroxylation is 1. The summed E-state index contributed by atoms with van der Waals surface area (Å²) < 4.78 is 0.994. The summed E-state index contributed by atoms with van der Waals surface area (Å²) >= 11 is 3.35. The maximum Gasteiger partial charge on any atom is 0.326 e. The molecule has 0 aromatic heterocycles. The van der Waals surface area contributed by atoms with E-state index in [1.165, 1.54) is 0 Å². The van der Waals surface area contributed by atoms with Crippen molar-refractivity contribution in [1.29, 1.82) is 0 Å². The molecule has 0 bridgehead atoms. The minimum absolute atomic E-state index is 0.221. The number of hydrogen-bond acceptors (Lipinski definition) is 2. The van der Waals surface area contributed by atoms with Crippen LogP contribution in [0.4, 0.5) is 0 Å². The van der Waals surface area contributed by atoms with Crippen molar-refractivity contribution in [1.82, 2.24) is 5.32 Å². The highest BCUT2D eigenvalue weighted by Gasteiger charge is 2.20. The van der Waals surface area contributed by atoms with Gasteiger partial charge in [0.1, 0.15) is 6.04 Å². The topological polar surface area (TPSA) is 66.4 Å². The van der Waals surface area contributed by atoms with E-state index in [1.807, 2.05) is 38.1 Å². The van der Waals surface area contributed by atoms with Crippen LogP contribution >= 0.6 is 15.9 Å². The van der Waals surface area contributed by atoms with Gasteiger partial charge in [0.2, 0.25) is 5.91 Å². The highest BCUT2D eigenvalue weighted by molar-refractivity contribution is 9.10. The number of rotatable bonds is 7. The van der Waals surface area contributed by atoms with Crippen molar-refractivity contribution in [3.05, 3.63) is 34.3 Å². The van der Waals surface area contributed by atoms with E-state index in [1.54, 1.807) is 0 Å². The molecule has 0 aliphatic rings. The largest absolute Gasteiger partial charge is 0.480 e. The molecule has 110 valence electrons. The van der Waals surface area contributed by atoms with Gasteiger partial charge in [0, 0.05) is 10.9 Å². The fraction of sp³-hybridized carbons (Fsp3) is 0.467. The van der Waals surface area contributed by atoms with Crippen LogP contribution in [0.15, 0.2) is 28.7 Å². The monoisotopic (exact) mass is 341 g/mol. The normalized spacial score (nSPS) is 12.2. The SMILES string of the molecule is CC(C)CC(NC(=O)CCc1ccc(Br)cc1)C(=O)O. The number of hydrogen-bond donors (Lipinski definition) is 2. The summed E-state index contributed by atoms with van der Waals surface area (Å²) in [6.07, 6.45) is 1.34. The Morgan fingerprint density at radius 2 is 1.85 bits per heavy atom. The third-order valence-corrected chi connectivity index (χ3v) is 3.42. The number of carbonyl (C=O) groups excluding carboxylic acids is 1. The van der Waals surface area contributed by atoms with Gasteiger partial charge in [0.05, 0.1) is 0 Å². The van der Waals surface area contributed by atoms with Crippen LogP contribution in [0.2, 0.25) is 0 Å². The number of carboxylic acids is 1. The van der Waals surface area contributed by atoms with E-state index in [0.29, 0.717) is 19.3 Å². The van der Waals surface area contributed by atoms with Gasteiger partial charge in [-0.05, 0) is 36.5 Å². The number of aliphatic carboxylic acids is 1. The van der Waals surface area contributed by atoms with Crippen LogP contribution < -0.4 is 5.32 Å². The van der Waals surface area contributed by atoms with E-state index in [0.717, 1.165) is 10.0 Å². The lowest BCUT2D eigenvalue weighted by molar-refractivity contribution is -0.142. The van der Waals surface area contributed by atoms with Crippen LogP contribution in [-0.2, 0) is 16.0 Å². The number of benzene rings is 1. The van der Waals surface area contributed by atoms with Gasteiger partial charge in [-0.25, -0.2) is 4.79 Å². The molecule has 0 aliphatic heterocycles. The van der Waals surface area contributed by atoms with Gasteiger partial charge in [-0.1, -0.05) is 41.9 Å². The van der Waals surface area contributed by atoms with Crippen molar-refractivity contribution < 1.29 is 14.7 Å². The number of halogens is 1. The molecule has 1 aromatic rings. The third kappa shape index (κ3) is 6.19. The summed E-state index contributed by atoms with van der Waals surface area (Å²) in [5, 5.41) is 11.6. The Bertz CT molecular complexity index is 457. The van der Waals surface area contributed by atoms with Gasteiger partial charge in [-0.2, -0.15) is 0 Å². The predicted molar refractivity (Wildman–Crippen MR) is 81.5 cm³/mol. The molecule has 0 radical (unpaired) electrons. The fourth-order valence-corrected chi connectivity index (χ4v) is 2.13. The zero-order chi connectivity index (χ0) is 15.1. The Balaban J connectivity index is 2.45. The zero-order valence-corrected chi connectivity index (χ0v) is 13.3. The Hall–Kier alpha value is -1.36. The molecule has 0 saturated carbocycles. The molecule has 1 rings (SSSR count). The molecule has 20 heavy (non-hydrogen) atoms. The van der Waals surface area contributed by atoms with Crippen LogP contribution in [0.3, 0.4) is 0 Å². The first-order chi connectivity index (χ1) is 9.38. The number of amides is 1. The second-order valence-corrected chi connectivity index (χ2v) is 6.13. The molecular formula is C15H20BrNO3. The molecule has 0 aliphatic carbocycles. The Kier molecular flexibility index (Phi) is 6.71. The van der Waals surface area contributed by atoms with E-state index >= 15 is 0 Å². The number of carboxylic acid groups (broad SMARTS) is 1. The fourth-order valence-electron chi connectivity index (χ4n) is 1.87. The summed E-state index contributed by atoms with van der Waals surface area (Å²) in [6.45, 7) is 3.87. The van der Waals surface area contributed by atoms with Crippen LogP contribution in [0.5, 0.6) is 0 Å². The van der Waals surface area contributed by atoms with Gasteiger partial charge in [-0.15, -0.1) is 0 Å². The molecule has 0 heterocycles. The molecule has 4 nitrogen and oxygen atoms in total. The second-order valence-electron chi connectivity index (χ2n) is 5.21. The van der Waals surface area contributed by atoms with Gasteiger partial charge in [0.15, 0.2) is 0 Å². The van der Waals surface area contributed by atoms with E-state index in [2.05, 4.69) is 21.2 Å². The molecule has 1 aromatic carbocycles. The van der Waals surface area contributed by atoms with E-state index in [4.69, 9.17) is 5.11 Å². The number of carbonyl (C=O) groups is 2. The van der Waals surface area contributed by atoms with E-state index in [9.17, 15) is 9.59 Å². The first kappa shape index (κ1) is 16.7. The smallest absolute Gasteiger partial charge is 0.326 e. The van der Waals surface area contributed by atoms with Crippen molar-refractivity contribution >= 4 is 27.8 Å². The summed E-state index contributed by atoms with van der Waals surface area (Å²) in [6, 6.07) is 6.94. The highest BCUT2D eigenvalue weighted by Crippen LogP contribution is 2.12. The predicted octanol–water partition coefficient (Wildman–Crippen LogP) is 3.00. The Morgan fingerprint density at radius 1 is 1.25 bits per heavy atom. The maximum atomic E-state index is 11.8. The van der Waals surface area contributed by atoms with Crippen molar-refractivity contribution in [3.8, 4) is 0 Å². The van der Waals surface area contributed by atoms with Crippen LogP contribution in [0, 0.1) is 5.92 Å². The molecule has 1 amide bonds. The quantitative estimate of drug-likeness (QED) is 0.801. The van der Waals surface area contributed by atoms with Gasteiger partial charge in [0.25, 0.3) is 0 Å². The minimum atomic E-state index is -0.976. The minimum Gasteiger partial charge on any atom is -0.480 e. The van der Waals surface area contributed by atoms with Gasteiger partial charge < -0.3 is 10.4 Å². The highest BCUT2D eigenvalue weighted by atomic mass is 79.9. The van der Waals surface area contributed by atoms with Crippen LogP contribution in [0.25, 0.3) is 0 Å². The molecule has 0 spiro atoms. The summed E-state index contributed by atoms with van der Waals surface area (Å²) in [7, 11) is 0. The average Bonchev–Trinajstić information content (AvgIpc) is 2.36. The number of nitrogens with one attached hydrogen (secondary N) is 1. The molecule has 1 atom stereocenters. The molecule has 2 N–H and O–H groups in total. The van der Waals surface area contributed by atoms with Crippen molar-refractivity contribution in [2.75, 3.05) is 0 Å². The third-order valence-electron chi connectivity index (χ3n) is 2.89. The van der Waals surface area contributed by atoms with Crippen molar-refractivity contribution in [2.45, 2.75) is 39.2 Å². The molecular weight excluding hydrogens is 322 g/mol. The lowest BCUT2D eigenvalue weighted by Gasteiger charge is -2.16. The molecule has 0 fully saturated rings. The second kappa shape index (κ2) is 8.04. The van der Waals surface area contributed by atoms with Crippen molar-refractivity contribution in [3.63, 3.8) is 0 Å². The van der Waals surface area contributed by atoms with Crippen LogP contribution in [0.1, 0.15) is 32.3 Å². The first-order valence-electron chi connectivity index (χ1n) is 6.65. The standard InChI is InChI=1S/C15H20BrNO3/c1-10(2)9-13(15(19)20)17-14(18)8-5-11-3-6-12(16)7-4-11/h3-4,6-7,10,13H,5,8-9H2,1-2H3,(H,17,18)(H,19,20). The molecule has 5 heteroatoms. The van der Waals surface area contributed by atoms with Gasteiger partial charge >= 0.3 is 5.97 Å². The molecule has 1 unspecified atom stereocenters. The average molecular weight is 342 g/mol. The Morgan fingerprint density at radius 3 is 2.35 bits per heavy atom. The van der Waals surface area contributed by atoms with Crippen LogP contribution in [-0.4, -0.2) is 23.0 Å². The summed E-state index contributed by atoms with van der Waals surface area (Å²) in [5.41, 5.74) is 1.05. The van der Waals surface area contributed by atoms with E-state index < -0.39 is 12.0 Å². The maximum absolute atomic E-state index is 11.8. The summed E-state index contributed by atoms with van der Waals surface area (Å²) in [4.78, 5) is 22.9. The first-order valence-corrected chi connectivity index (χ1v) is 7.44. The molecule has 0 saturated heterocycles. The van der Waals surface area contributed by atoms with E-state index in [-0.39, 0.29) is 11.8 Å². The van der Waals surface area contributed by atoms with Gasteiger partial charge in [-0.3, -0.25) is 4.79 Å². The summed E-state index contributed by atoms with van der Waals surface area (Å²) in [5.74, 6) is -0.973. The zero-order valence-electron chi connectivity index (χ0n) is 11.7. The lowest BCUT2D eigenvalue weighted by Crippen LogP contribution is -2.41. The van der Waals surface area contributed by atoms with Crippen molar-refractivity contribution in [2.24, 2.45) is 5.92 Å². The lowest BCUT2D eigenvalue weighted by atomic mass is 10.0. The Labute approximate surface area is 127 Å².